The maximum Gasteiger partial charge on any atom is 0.326 e. The Balaban J connectivity index is 4.84. The molecule has 2 amide bonds. The van der Waals surface area contributed by atoms with Gasteiger partial charge < -0.3 is 43.6 Å². The Morgan fingerprint density at radius 3 is 1.71 bits per heavy atom. The minimum atomic E-state index is -1.22. The van der Waals surface area contributed by atoms with Gasteiger partial charge in [0.25, 0.3) is 0 Å². The molecule has 0 aromatic heterocycles. The molecule has 0 fully saturated rings. The van der Waals surface area contributed by atoms with E-state index in [9.17, 15) is 19.5 Å². The van der Waals surface area contributed by atoms with Crippen LogP contribution >= 0.6 is 0 Å². The molecule has 3 atom stereocenters. The quantitative estimate of drug-likeness (QED) is 0.0852. The molecule has 0 aromatic rings. The molecular formula is C15H31N9O4. The largest absolute Gasteiger partial charge is 0.480 e. The molecule has 0 rings (SSSR count). The number of carboxylic acids is 1. The van der Waals surface area contributed by atoms with Crippen molar-refractivity contribution < 1.29 is 19.5 Å². The minimum Gasteiger partial charge on any atom is -0.480 e. The van der Waals surface area contributed by atoms with Crippen molar-refractivity contribution in [1.82, 2.24) is 21.3 Å². The van der Waals surface area contributed by atoms with E-state index in [1.165, 1.54) is 6.92 Å². The molecule has 0 aromatic carbocycles. The fourth-order valence-electron chi connectivity index (χ4n) is 2.16. The SMILES string of the molecule is C[C@H](N)C(=O)N[C@@H](CCCNC(=N)N)C(=O)N[C@@H](CCCNC(=N)N)C(=O)O. The van der Waals surface area contributed by atoms with Gasteiger partial charge in [-0.05, 0) is 32.6 Å². The zero-order valence-corrected chi connectivity index (χ0v) is 15.9. The number of aliphatic carboxylic acids is 1. The summed E-state index contributed by atoms with van der Waals surface area (Å²) in [4.78, 5) is 35.7. The van der Waals surface area contributed by atoms with Crippen LogP contribution < -0.4 is 38.5 Å². The molecule has 0 unspecified atom stereocenters. The van der Waals surface area contributed by atoms with Gasteiger partial charge in [-0.1, -0.05) is 0 Å². The number of hydrogen-bond donors (Lipinski definition) is 10. The lowest BCUT2D eigenvalue weighted by Gasteiger charge is -2.22. The number of rotatable bonds is 13. The second kappa shape index (κ2) is 13.1. The molecule has 160 valence electrons. The number of hydrogen-bond acceptors (Lipinski definition) is 6. The third-order valence-corrected chi connectivity index (χ3v) is 3.63. The fraction of sp³-hybridized carbons (Fsp3) is 0.667. The molecule has 0 aliphatic carbocycles. The number of carboxylic acid groups (broad SMARTS) is 1. The average molecular weight is 401 g/mol. The Labute approximate surface area is 163 Å². The first-order valence-electron chi connectivity index (χ1n) is 8.79. The summed E-state index contributed by atoms with van der Waals surface area (Å²) in [6.45, 7) is 2.06. The lowest BCUT2D eigenvalue weighted by Crippen LogP contribution is -2.54. The highest BCUT2D eigenvalue weighted by Gasteiger charge is 2.26. The highest BCUT2D eigenvalue weighted by molar-refractivity contribution is 5.91. The van der Waals surface area contributed by atoms with Crippen LogP contribution in [-0.4, -0.2) is 66.0 Å². The van der Waals surface area contributed by atoms with Gasteiger partial charge in [0.15, 0.2) is 11.9 Å². The fourth-order valence-corrected chi connectivity index (χ4v) is 2.16. The topological polar surface area (TPSA) is 245 Å². The van der Waals surface area contributed by atoms with Crippen LogP contribution in [0.2, 0.25) is 0 Å². The number of guanidine groups is 2. The minimum absolute atomic E-state index is 0.112. The highest BCUT2D eigenvalue weighted by atomic mass is 16.4. The summed E-state index contributed by atoms with van der Waals surface area (Å²) in [5.74, 6) is -2.85. The normalized spacial score (nSPS) is 13.5. The van der Waals surface area contributed by atoms with E-state index in [4.69, 9.17) is 28.0 Å². The number of carbonyl (C=O) groups excluding carboxylic acids is 2. The Kier molecular flexibility index (Phi) is 11.7. The molecule has 0 aliphatic heterocycles. The van der Waals surface area contributed by atoms with Crippen LogP contribution in [0.1, 0.15) is 32.6 Å². The van der Waals surface area contributed by atoms with Gasteiger partial charge >= 0.3 is 5.97 Å². The van der Waals surface area contributed by atoms with Crippen molar-refractivity contribution >= 4 is 29.7 Å². The molecule has 0 spiro atoms. The molecule has 0 aliphatic rings. The summed E-state index contributed by atoms with van der Waals surface area (Å²) in [6.07, 6.45) is 1.07. The van der Waals surface area contributed by atoms with Crippen molar-refractivity contribution in [2.75, 3.05) is 13.1 Å². The van der Waals surface area contributed by atoms with Gasteiger partial charge in [-0.25, -0.2) is 4.79 Å². The van der Waals surface area contributed by atoms with Crippen LogP contribution in [0.5, 0.6) is 0 Å². The van der Waals surface area contributed by atoms with Gasteiger partial charge in [-0.15, -0.1) is 0 Å². The van der Waals surface area contributed by atoms with Crippen molar-refractivity contribution in [2.24, 2.45) is 17.2 Å². The third kappa shape index (κ3) is 11.5. The predicted octanol–water partition coefficient (Wildman–Crippen LogP) is -3.09. The van der Waals surface area contributed by atoms with Crippen LogP contribution in [0, 0.1) is 10.8 Å². The molecule has 0 radical (unpaired) electrons. The molecule has 13 heteroatoms. The Morgan fingerprint density at radius 1 is 0.893 bits per heavy atom. The molecule has 13 nitrogen and oxygen atoms in total. The monoisotopic (exact) mass is 401 g/mol. The second-order valence-corrected chi connectivity index (χ2v) is 6.21. The van der Waals surface area contributed by atoms with E-state index < -0.39 is 35.9 Å². The maximum absolute atomic E-state index is 12.5. The summed E-state index contributed by atoms with van der Waals surface area (Å²) < 4.78 is 0. The lowest BCUT2D eigenvalue weighted by atomic mass is 10.1. The van der Waals surface area contributed by atoms with E-state index in [0.29, 0.717) is 19.4 Å². The number of nitrogens with two attached hydrogens (primary N) is 3. The van der Waals surface area contributed by atoms with Crippen LogP contribution in [-0.2, 0) is 14.4 Å². The number of carbonyl (C=O) groups is 3. The van der Waals surface area contributed by atoms with Gasteiger partial charge in [0.05, 0.1) is 6.04 Å². The van der Waals surface area contributed by atoms with E-state index in [1.54, 1.807) is 0 Å². The Hall–Kier alpha value is -3.09. The number of nitrogens with one attached hydrogen (secondary N) is 6. The Morgan fingerprint density at radius 2 is 1.32 bits per heavy atom. The van der Waals surface area contributed by atoms with E-state index >= 15 is 0 Å². The standard InChI is InChI=1S/C15H31N9O4/c1-8(16)11(25)23-9(4-2-6-21-14(17)18)12(26)24-10(13(27)28)5-3-7-22-15(19)20/h8-10H,2-7,16H2,1H3,(H,23,25)(H,24,26)(H,27,28)(H4,17,18,21)(H4,19,20,22)/t8-,9-,10-/m0/s1. The second-order valence-electron chi connectivity index (χ2n) is 6.21. The molecule has 28 heavy (non-hydrogen) atoms. The first-order chi connectivity index (χ1) is 13.0. The predicted molar refractivity (Wildman–Crippen MR) is 103 cm³/mol. The van der Waals surface area contributed by atoms with Gasteiger partial charge in [-0.2, -0.15) is 0 Å². The van der Waals surface area contributed by atoms with Gasteiger partial charge in [0.2, 0.25) is 11.8 Å². The summed E-state index contributed by atoms with van der Waals surface area (Å²) in [6, 6.07) is -2.98. The van der Waals surface area contributed by atoms with E-state index in [2.05, 4.69) is 21.3 Å². The van der Waals surface area contributed by atoms with Crippen molar-refractivity contribution in [2.45, 2.75) is 50.7 Å². The van der Waals surface area contributed by atoms with Crippen LogP contribution in [0.4, 0.5) is 0 Å². The number of amides is 2. The van der Waals surface area contributed by atoms with Crippen molar-refractivity contribution in [1.29, 1.82) is 10.8 Å². The molecule has 0 bridgehead atoms. The zero-order chi connectivity index (χ0) is 21.7. The highest BCUT2D eigenvalue weighted by Crippen LogP contribution is 2.02. The molecule has 0 saturated heterocycles. The van der Waals surface area contributed by atoms with E-state index in [1.807, 2.05) is 0 Å². The lowest BCUT2D eigenvalue weighted by molar-refractivity contribution is -0.142. The zero-order valence-electron chi connectivity index (χ0n) is 15.9. The average Bonchev–Trinajstić information content (AvgIpc) is 2.58. The van der Waals surface area contributed by atoms with E-state index in [-0.39, 0.29) is 31.3 Å². The van der Waals surface area contributed by atoms with Crippen molar-refractivity contribution in [3.8, 4) is 0 Å². The molecular weight excluding hydrogens is 370 g/mol. The summed E-state index contributed by atoms with van der Waals surface area (Å²) in [7, 11) is 0. The molecule has 13 N–H and O–H groups in total. The first-order valence-corrected chi connectivity index (χ1v) is 8.79. The van der Waals surface area contributed by atoms with Crippen LogP contribution in [0.3, 0.4) is 0 Å². The Bertz CT molecular complexity index is 568. The van der Waals surface area contributed by atoms with Gasteiger partial charge in [-0.3, -0.25) is 20.4 Å². The summed E-state index contributed by atoms with van der Waals surface area (Å²) >= 11 is 0. The molecule has 0 heterocycles. The van der Waals surface area contributed by atoms with E-state index in [0.717, 1.165) is 0 Å². The van der Waals surface area contributed by atoms with Gasteiger partial charge in [0, 0.05) is 13.1 Å². The van der Waals surface area contributed by atoms with Crippen molar-refractivity contribution in [3.63, 3.8) is 0 Å². The maximum atomic E-state index is 12.5. The summed E-state index contributed by atoms with van der Waals surface area (Å²) in [5, 5.41) is 33.5. The van der Waals surface area contributed by atoms with Gasteiger partial charge in [0.1, 0.15) is 12.1 Å². The first kappa shape index (κ1) is 24.9. The van der Waals surface area contributed by atoms with Crippen molar-refractivity contribution in [3.05, 3.63) is 0 Å². The molecule has 0 saturated carbocycles. The summed E-state index contributed by atoms with van der Waals surface area (Å²) in [5.41, 5.74) is 15.8. The van der Waals surface area contributed by atoms with Crippen LogP contribution in [0.25, 0.3) is 0 Å². The smallest absolute Gasteiger partial charge is 0.326 e. The van der Waals surface area contributed by atoms with Crippen LogP contribution in [0.15, 0.2) is 0 Å². The third-order valence-electron chi connectivity index (χ3n) is 3.63.